The number of aromatic nitrogens is 2. The van der Waals surface area contributed by atoms with Crippen molar-refractivity contribution in [3.8, 4) is 5.75 Å². The summed E-state index contributed by atoms with van der Waals surface area (Å²) in [5.41, 5.74) is 0.866. The fraction of sp³-hybridized carbons (Fsp3) is 0.167. The lowest BCUT2D eigenvalue weighted by molar-refractivity contribution is 0.0980. The van der Waals surface area contributed by atoms with Crippen molar-refractivity contribution < 1.29 is 9.90 Å². The van der Waals surface area contributed by atoms with Gasteiger partial charge in [0.15, 0.2) is 5.82 Å². The highest BCUT2D eigenvalue weighted by Crippen LogP contribution is 2.11. The molecule has 0 aliphatic heterocycles. The van der Waals surface area contributed by atoms with Gasteiger partial charge in [0.25, 0.3) is 0 Å². The van der Waals surface area contributed by atoms with E-state index in [-0.39, 0.29) is 11.5 Å². The second-order valence-electron chi connectivity index (χ2n) is 3.63. The zero-order valence-corrected chi connectivity index (χ0v) is 8.92. The van der Waals surface area contributed by atoms with Crippen LogP contribution in [0.15, 0.2) is 36.7 Å². The van der Waals surface area contributed by atoms with E-state index >= 15 is 0 Å². The van der Waals surface area contributed by atoms with E-state index < -0.39 is 0 Å². The third kappa shape index (κ3) is 2.11. The van der Waals surface area contributed by atoms with Gasteiger partial charge in [-0.25, -0.2) is 4.98 Å². The summed E-state index contributed by atoms with van der Waals surface area (Å²) in [7, 11) is 1.79. The molecular weight excluding hydrogens is 204 g/mol. The molecule has 0 bridgehead atoms. The molecule has 4 heteroatoms. The number of rotatable bonds is 3. The van der Waals surface area contributed by atoms with Gasteiger partial charge in [-0.05, 0) is 17.7 Å². The molecule has 0 aliphatic carbocycles. The van der Waals surface area contributed by atoms with Crippen molar-refractivity contribution in [3.63, 3.8) is 0 Å². The van der Waals surface area contributed by atoms with Gasteiger partial charge in [-0.3, -0.25) is 4.79 Å². The van der Waals surface area contributed by atoms with Crippen LogP contribution in [0.3, 0.4) is 0 Å². The number of aryl methyl sites for hydroxylation is 1. The van der Waals surface area contributed by atoms with Crippen LogP contribution in [-0.2, 0) is 13.5 Å². The highest BCUT2D eigenvalue weighted by Gasteiger charge is 2.11. The number of phenols is 1. The molecule has 1 aromatic heterocycles. The molecule has 0 unspecified atom stereocenters. The minimum absolute atomic E-state index is 0.0295. The molecule has 1 N–H and O–H groups in total. The molecule has 0 saturated carbocycles. The Labute approximate surface area is 93.2 Å². The first-order valence-electron chi connectivity index (χ1n) is 4.95. The van der Waals surface area contributed by atoms with Crippen LogP contribution in [0.25, 0.3) is 0 Å². The third-order valence-corrected chi connectivity index (χ3v) is 2.37. The second-order valence-corrected chi connectivity index (χ2v) is 3.63. The molecule has 0 radical (unpaired) electrons. The molecular formula is C12H12N2O2. The van der Waals surface area contributed by atoms with Crippen LogP contribution in [0.2, 0.25) is 0 Å². The summed E-state index contributed by atoms with van der Waals surface area (Å²) in [6.45, 7) is 0. The maximum absolute atomic E-state index is 11.8. The van der Waals surface area contributed by atoms with E-state index in [2.05, 4.69) is 4.98 Å². The predicted molar refractivity (Wildman–Crippen MR) is 59.3 cm³/mol. The average Bonchev–Trinajstić information content (AvgIpc) is 2.68. The van der Waals surface area contributed by atoms with Gasteiger partial charge in [-0.2, -0.15) is 0 Å². The van der Waals surface area contributed by atoms with Crippen LogP contribution in [0, 0.1) is 0 Å². The quantitative estimate of drug-likeness (QED) is 0.792. The van der Waals surface area contributed by atoms with E-state index in [4.69, 9.17) is 5.11 Å². The molecule has 2 aromatic rings. The number of hydrogen-bond donors (Lipinski definition) is 1. The summed E-state index contributed by atoms with van der Waals surface area (Å²) in [6, 6.07) is 6.61. The summed E-state index contributed by atoms with van der Waals surface area (Å²) in [5, 5.41) is 9.12. The Morgan fingerprint density at radius 2 is 2.06 bits per heavy atom. The molecule has 0 saturated heterocycles. The molecule has 0 fully saturated rings. The fourth-order valence-corrected chi connectivity index (χ4v) is 1.51. The van der Waals surface area contributed by atoms with Crippen LogP contribution in [-0.4, -0.2) is 20.4 Å². The Morgan fingerprint density at radius 3 is 2.62 bits per heavy atom. The molecule has 0 aliphatic rings. The first-order chi connectivity index (χ1) is 7.66. The highest BCUT2D eigenvalue weighted by atomic mass is 16.3. The number of Topliss-reactive ketones (excluding diaryl/α,β-unsaturated/α-hetero) is 1. The number of hydrogen-bond acceptors (Lipinski definition) is 3. The predicted octanol–water partition coefficient (Wildman–Crippen LogP) is 1.55. The molecule has 1 aromatic carbocycles. The van der Waals surface area contributed by atoms with Gasteiger partial charge in [-0.1, -0.05) is 12.1 Å². The number of carbonyl (C=O) groups excluding carboxylic acids is 1. The van der Waals surface area contributed by atoms with Crippen LogP contribution < -0.4 is 0 Å². The lowest BCUT2D eigenvalue weighted by atomic mass is 10.1. The number of phenolic OH excluding ortho intramolecular Hbond substituents is 1. The monoisotopic (exact) mass is 216 g/mol. The first-order valence-corrected chi connectivity index (χ1v) is 4.95. The molecule has 4 nitrogen and oxygen atoms in total. The van der Waals surface area contributed by atoms with Crippen molar-refractivity contribution >= 4 is 5.78 Å². The fourth-order valence-electron chi connectivity index (χ4n) is 1.51. The van der Waals surface area contributed by atoms with Crippen molar-refractivity contribution in [1.29, 1.82) is 0 Å². The van der Waals surface area contributed by atoms with Crippen LogP contribution in [0.1, 0.15) is 16.2 Å². The van der Waals surface area contributed by atoms with E-state index in [9.17, 15) is 4.79 Å². The first kappa shape index (κ1) is 10.4. The summed E-state index contributed by atoms with van der Waals surface area (Å²) in [5.74, 6) is 0.624. The minimum Gasteiger partial charge on any atom is -0.508 e. The maximum Gasteiger partial charge on any atom is 0.202 e. The molecule has 0 spiro atoms. The number of ketones is 1. The number of carbonyl (C=O) groups is 1. The summed E-state index contributed by atoms with van der Waals surface area (Å²) in [6.07, 6.45) is 3.64. The highest BCUT2D eigenvalue weighted by molar-refractivity contribution is 5.94. The van der Waals surface area contributed by atoms with Crippen molar-refractivity contribution in [2.45, 2.75) is 6.42 Å². The van der Waals surface area contributed by atoms with Crippen molar-refractivity contribution in [3.05, 3.63) is 48.0 Å². The van der Waals surface area contributed by atoms with Crippen LogP contribution in [0.5, 0.6) is 5.75 Å². The Morgan fingerprint density at radius 1 is 1.38 bits per heavy atom. The largest absolute Gasteiger partial charge is 0.508 e. The summed E-state index contributed by atoms with van der Waals surface area (Å²) in [4.78, 5) is 15.8. The van der Waals surface area contributed by atoms with Crippen LogP contribution >= 0.6 is 0 Å². The standard InChI is InChI=1S/C12H12N2O2/c1-14-7-6-13-12(14)11(16)8-9-2-4-10(15)5-3-9/h2-7,15H,8H2,1H3. The van der Waals surface area contributed by atoms with Gasteiger partial charge in [0.1, 0.15) is 5.75 Å². The molecule has 82 valence electrons. The number of imidazole rings is 1. The average molecular weight is 216 g/mol. The summed E-state index contributed by atoms with van der Waals surface area (Å²) < 4.78 is 1.70. The molecule has 1 heterocycles. The zero-order valence-electron chi connectivity index (χ0n) is 8.92. The van der Waals surface area contributed by atoms with Gasteiger partial charge in [-0.15, -0.1) is 0 Å². The van der Waals surface area contributed by atoms with Gasteiger partial charge < -0.3 is 9.67 Å². The SMILES string of the molecule is Cn1ccnc1C(=O)Cc1ccc(O)cc1. The Kier molecular flexibility index (Phi) is 2.72. The number of aromatic hydroxyl groups is 1. The van der Waals surface area contributed by atoms with Crippen LogP contribution in [0.4, 0.5) is 0 Å². The summed E-state index contributed by atoms with van der Waals surface area (Å²) >= 11 is 0. The van der Waals surface area contributed by atoms with Crippen molar-refractivity contribution in [2.75, 3.05) is 0 Å². The molecule has 2 rings (SSSR count). The van der Waals surface area contributed by atoms with Gasteiger partial charge in [0, 0.05) is 25.9 Å². The topological polar surface area (TPSA) is 55.1 Å². The van der Waals surface area contributed by atoms with Gasteiger partial charge >= 0.3 is 0 Å². The van der Waals surface area contributed by atoms with Crippen molar-refractivity contribution in [1.82, 2.24) is 9.55 Å². The van der Waals surface area contributed by atoms with Crippen molar-refractivity contribution in [2.24, 2.45) is 7.05 Å². The maximum atomic E-state index is 11.8. The molecule has 0 atom stereocenters. The minimum atomic E-state index is -0.0295. The van der Waals surface area contributed by atoms with E-state index in [0.717, 1.165) is 5.56 Å². The third-order valence-electron chi connectivity index (χ3n) is 2.37. The van der Waals surface area contributed by atoms with E-state index in [0.29, 0.717) is 12.2 Å². The van der Waals surface area contributed by atoms with E-state index in [1.54, 1.807) is 48.3 Å². The molecule has 0 amide bonds. The lowest BCUT2D eigenvalue weighted by Gasteiger charge is -2.01. The second kappa shape index (κ2) is 4.18. The zero-order chi connectivity index (χ0) is 11.5. The van der Waals surface area contributed by atoms with E-state index in [1.165, 1.54) is 0 Å². The Hall–Kier alpha value is -2.10. The van der Waals surface area contributed by atoms with E-state index in [1.807, 2.05) is 0 Å². The Bertz CT molecular complexity index is 500. The van der Waals surface area contributed by atoms with Gasteiger partial charge in [0.2, 0.25) is 5.78 Å². The smallest absolute Gasteiger partial charge is 0.202 e. The Balaban J connectivity index is 2.14. The normalized spacial score (nSPS) is 10.3. The number of nitrogens with zero attached hydrogens (tertiary/aromatic N) is 2. The lowest BCUT2D eigenvalue weighted by Crippen LogP contribution is -2.09. The molecule has 16 heavy (non-hydrogen) atoms. The number of benzene rings is 1. The van der Waals surface area contributed by atoms with Gasteiger partial charge in [0.05, 0.1) is 0 Å².